The summed E-state index contributed by atoms with van der Waals surface area (Å²) in [7, 11) is 0. The van der Waals surface area contributed by atoms with Crippen molar-refractivity contribution in [1.29, 1.82) is 0 Å². The van der Waals surface area contributed by atoms with E-state index in [4.69, 9.17) is 0 Å². The molecule has 1 saturated heterocycles. The maximum Gasteiger partial charge on any atom is 0.255 e. The molecule has 0 saturated carbocycles. The lowest BCUT2D eigenvalue weighted by Gasteiger charge is -2.30. The van der Waals surface area contributed by atoms with Gasteiger partial charge in [0.1, 0.15) is 0 Å². The lowest BCUT2D eigenvalue weighted by Crippen LogP contribution is -2.33. The van der Waals surface area contributed by atoms with Gasteiger partial charge in [0.15, 0.2) is 5.78 Å². The summed E-state index contributed by atoms with van der Waals surface area (Å²) < 4.78 is 0. The van der Waals surface area contributed by atoms with E-state index in [2.05, 4.69) is 17.1 Å². The number of hydrogen-bond acceptors (Lipinski definition) is 3. The highest BCUT2D eigenvalue weighted by Gasteiger charge is 2.17. The van der Waals surface area contributed by atoms with E-state index in [-0.39, 0.29) is 11.7 Å². The average Bonchev–Trinajstić information content (AvgIpc) is 2.80. The Balaban J connectivity index is 1.45. The van der Waals surface area contributed by atoms with E-state index in [1.165, 1.54) is 18.4 Å². The monoisotopic (exact) mass is 412 g/mol. The van der Waals surface area contributed by atoms with E-state index in [0.717, 1.165) is 25.6 Å². The Morgan fingerprint density at radius 1 is 0.903 bits per heavy atom. The number of ketones is 1. The van der Waals surface area contributed by atoms with Gasteiger partial charge in [0.05, 0.1) is 5.69 Å². The molecule has 1 aliphatic rings. The molecular formula is C27H28N2O2. The van der Waals surface area contributed by atoms with Crippen molar-refractivity contribution in [3.8, 4) is 0 Å². The molecule has 0 radical (unpaired) electrons. The summed E-state index contributed by atoms with van der Waals surface area (Å²) in [6.07, 6.45) is 2.56. The van der Waals surface area contributed by atoms with Gasteiger partial charge in [0.2, 0.25) is 0 Å². The van der Waals surface area contributed by atoms with Gasteiger partial charge < -0.3 is 5.32 Å². The van der Waals surface area contributed by atoms with Gasteiger partial charge in [0.25, 0.3) is 5.91 Å². The molecule has 158 valence electrons. The number of rotatable bonds is 6. The molecule has 4 heteroatoms. The SMILES string of the molecule is CC1CCCN(Cc2ccc(C(=O)Nc3ccccc3C(=O)c3ccccc3)cc2)C1. The molecule has 1 amide bonds. The summed E-state index contributed by atoms with van der Waals surface area (Å²) in [5, 5.41) is 2.91. The molecule has 0 aliphatic carbocycles. The van der Waals surface area contributed by atoms with Crippen molar-refractivity contribution in [2.24, 2.45) is 5.92 Å². The van der Waals surface area contributed by atoms with Crippen molar-refractivity contribution in [2.45, 2.75) is 26.3 Å². The van der Waals surface area contributed by atoms with Gasteiger partial charge in [-0.1, -0.05) is 61.5 Å². The number of amides is 1. The van der Waals surface area contributed by atoms with Gasteiger partial charge in [-0.25, -0.2) is 0 Å². The predicted octanol–water partition coefficient (Wildman–Crippen LogP) is 5.40. The van der Waals surface area contributed by atoms with Gasteiger partial charge in [0, 0.05) is 29.8 Å². The molecule has 4 rings (SSSR count). The van der Waals surface area contributed by atoms with E-state index in [1.807, 2.05) is 54.6 Å². The summed E-state index contributed by atoms with van der Waals surface area (Å²) in [6.45, 7) is 5.49. The number of para-hydroxylation sites is 1. The second-order valence-electron chi connectivity index (χ2n) is 8.37. The first-order valence-electron chi connectivity index (χ1n) is 10.9. The third kappa shape index (κ3) is 5.28. The van der Waals surface area contributed by atoms with Crippen LogP contribution in [0.25, 0.3) is 0 Å². The van der Waals surface area contributed by atoms with Crippen molar-refractivity contribution in [3.63, 3.8) is 0 Å². The van der Waals surface area contributed by atoms with Crippen molar-refractivity contribution < 1.29 is 9.59 Å². The van der Waals surface area contributed by atoms with Crippen molar-refractivity contribution in [1.82, 2.24) is 4.90 Å². The summed E-state index contributed by atoms with van der Waals surface area (Å²) >= 11 is 0. The number of likely N-dealkylation sites (tertiary alicyclic amines) is 1. The Morgan fingerprint density at radius 2 is 1.61 bits per heavy atom. The fraction of sp³-hybridized carbons (Fsp3) is 0.259. The maximum atomic E-state index is 12.9. The largest absolute Gasteiger partial charge is 0.321 e. The molecule has 31 heavy (non-hydrogen) atoms. The van der Waals surface area contributed by atoms with Gasteiger partial charge in [-0.2, -0.15) is 0 Å². The van der Waals surface area contributed by atoms with Crippen LogP contribution in [0.15, 0.2) is 78.9 Å². The second-order valence-corrected chi connectivity index (χ2v) is 8.37. The fourth-order valence-electron chi connectivity index (χ4n) is 4.18. The molecule has 0 bridgehead atoms. The zero-order chi connectivity index (χ0) is 21.6. The lowest BCUT2D eigenvalue weighted by molar-refractivity contribution is 0.102. The number of carbonyl (C=O) groups excluding carboxylic acids is 2. The molecular weight excluding hydrogens is 384 g/mol. The van der Waals surface area contributed by atoms with Crippen LogP contribution in [0.5, 0.6) is 0 Å². The minimum atomic E-state index is -0.216. The zero-order valence-electron chi connectivity index (χ0n) is 17.9. The predicted molar refractivity (Wildman–Crippen MR) is 124 cm³/mol. The van der Waals surface area contributed by atoms with Gasteiger partial charge in [-0.3, -0.25) is 14.5 Å². The molecule has 1 unspecified atom stereocenters. The van der Waals surface area contributed by atoms with Crippen LogP contribution in [-0.2, 0) is 6.54 Å². The average molecular weight is 413 g/mol. The van der Waals surface area contributed by atoms with Crippen molar-refractivity contribution in [2.75, 3.05) is 18.4 Å². The Bertz CT molecular complexity index is 1040. The lowest BCUT2D eigenvalue weighted by atomic mass is 9.99. The molecule has 1 heterocycles. The number of carbonyl (C=O) groups is 2. The number of hydrogen-bond donors (Lipinski definition) is 1. The molecule has 1 N–H and O–H groups in total. The van der Waals surface area contributed by atoms with E-state index >= 15 is 0 Å². The van der Waals surface area contributed by atoms with Crippen LogP contribution in [0, 0.1) is 5.92 Å². The molecule has 3 aromatic carbocycles. The van der Waals surface area contributed by atoms with Crippen LogP contribution in [0.2, 0.25) is 0 Å². The summed E-state index contributed by atoms with van der Waals surface area (Å²) in [6, 6.07) is 24.0. The van der Waals surface area contributed by atoms with E-state index in [0.29, 0.717) is 22.4 Å². The third-order valence-electron chi connectivity index (χ3n) is 5.82. The number of anilines is 1. The van der Waals surface area contributed by atoms with Crippen LogP contribution in [0.1, 0.15) is 51.6 Å². The van der Waals surface area contributed by atoms with Crippen LogP contribution in [0.4, 0.5) is 5.69 Å². The molecule has 0 aromatic heterocycles. The zero-order valence-corrected chi connectivity index (χ0v) is 17.9. The highest BCUT2D eigenvalue weighted by atomic mass is 16.1. The highest BCUT2D eigenvalue weighted by molar-refractivity contribution is 6.15. The van der Waals surface area contributed by atoms with Crippen LogP contribution >= 0.6 is 0 Å². The molecule has 4 nitrogen and oxygen atoms in total. The highest BCUT2D eigenvalue weighted by Crippen LogP contribution is 2.21. The third-order valence-corrected chi connectivity index (χ3v) is 5.82. The molecule has 1 atom stereocenters. The fourth-order valence-corrected chi connectivity index (χ4v) is 4.18. The molecule has 0 spiro atoms. The van der Waals surface area contributed by atoms with Gasteiger partial charge in [-0.15, -0.1) is 0 Å². The number of nitrogens with one attached hydrogen (secondary N) is 1. The normalized spacial score (nSPS) is 16.6. The Kier molecular flexibility index (Phi) is 6.58. The van der Waals surface area contributed by atoms with Crippen LogP contribution < -0.4 is 5.32 Å². The minimum Gasteiger partial charge on any atom is -0.321 e. The van der Waals surface area contributed by atoms with Crippen molar-refractivity contribution in [3.05, 3.63) is 101 Å². The summed E-state index contributed by atoms with van der Waals surface area (Å²) in [5.41, 5.74) is 3.40. The van der Waals surface area contributed by atoms with Gasteiger partial charge >= 0.3 is 0 Å². The summed E-state index contributed by atoms with van der Waals surface area (Å²) in [5.74, 6) is 0.423. The second kappa shape index (κ2) is 9.71. The maximum absolute atomic E-state index is 12.9. The number of piperidine rings is 1. The van der Waals surface area contributed by atoms with E-state index < -0.39 is 0 Å². The Morgan fingerprint density at radius 3 is 2.35 bits per heavy atom. The molecule has 1 fully saturated rings. The number of nitrogens with zero attached hydrogens (tertiary/aromatic N) is 1. The first-order valence-corrected chi connectivity index (χ1v) is 10.9. The van der Waals surface area contributed by atoms with Gasteiger partial charge in [-0.05, 0) is 55.1 Å². The van der Waals surface area contributed by atoms with Crippen LogP contribution in [-0.4, -0.2) is 29.7 Å². The molecule has 1 aliphatic heterocycles. The van der Waals surface area contributed by atoms with Crippen LogP contribution in [0.3, 0.4) is 0 Å². The topological polar surface area (TPSA) is 49.4 Å². The van der Waals surface area contributed by atoms with Crippen molar-refractivity contribution >= 4 is 17.4 Å². The Hall–Kier alpha value is -3.24. The standard InChI is InChI=1S/C27H28N2O2/c1-20-8-7-17-29(18-20)19-21-13-15-23(16-14-21)27(31)28-25-12-6-5-11-24(25)26(30)22-9-3-2-4-10-22/h2-6,9-16,20H,7-8,17-19H2,1H3,(H,28,31). The first-order chi connectivity index (χ1) is 15.1. The smallest absolute Gasteiger partial charge is 0.255 e. The number of benzene rings is 3. The molecule has 3 aromatic rings. The minimum absolute atomic E-state index is 0.109. The Labute approximate surface area is 183 Å². The van der Waals surface area contributed by atoms with E-state index in [9.17, 15) is 9.59 Å². The first kappa shape index (κ1) is 21.0. The quantitative estimate of drug-likeness (QED) is 0.551. The van der Waals surface area contributed by atoms with E-state index in [1.54, 1.807) is 24.3 Å². The summed E-state index contributed by atoms with van der Waals surface area (Å²) in [4.78, 5) is 28.2.